The van der Waals surface area contributed by atoms with Gasteiger partial charge in [-0.25, -0.2) is 0 Å². The van der Waals surface area contributed by atoms with E-state index in [2.05, 4.69) is 5.32 Å². The minimum Gasteiger partial charge on any atom is -0.491 e. The van der Waals surface area contributed by atoms with Crippen molar-refractivity contribution < 1.29 is 19.1 Å². The van der Waals surface area contributed by atoms with Crippen molar-refractivity contribution >= 4 is 40.6 Å². The molecule has 0 bridgehead atoms. The van der Waals surface area contributed by atoms with Crippen LogP contribution in [0.1, 0.15) is 56.6 Å². The average Bonchev–Trinajstić information content (AvgIpc) is 3.69. The van der Waals surface area contributed by atoms with Crippen LogP contribution >= 0.6 is 11.3 Å². The van der Waals surface area contributed by atoms with Gasteiger partial charge in [-0.2, -0.15) is 0 Å². The van der Waals surface area contributed by atoms with E-state index in [1.807, 2.05) is 91.0 Å². The van der Waals surface area contributed by atoms with Crippen LogP contribution in [0.5, 0.6) is 5.75 Å². The molecule has 41 heavy (non-hydrogen) atoms. The van der Waals surface area contributed by atoms with E-state index >= 15 is 0 Å². The second-order valence-electron chi connectivity index (χ2n) is 11.0. The molecule has 1 N–H and O–H groups in total. The number of ether oxygens (including phenoxy) is 1. The van der Waals surface area contributed by atoms with Gasteiger partial charge in [0.05, 0.1) is 22.9 Å². The Morgan fingerprint density at radius 1 is 0.927 bits per heavy atom. The number of ketones is 2. The molecule has 4 atom stereocenters. The number of nitrogens with one attached hydrogen (secondary N) is 1. The molecule has 1 spiro atoms. The lowest BCUT2D eigenvalue weighted by Crippen LogP contribution is -2.49. The Hall–Kier alpha value is -4.49. The summed E-state index contributed by atoms with van der Waals surface area (Å²) in [6.45, 7) is 3.89. The number of carbonyl (C=O) groups excluding carboxylic acids is 3. The van der Waals surface area contributed by atoms with Crippen molar-refractivity contribution in [2.45, 2.75) is 37.5 Å². The van der Waals surface area contributed by atoms with Gasteiger partial charge in [0.1, 0.15) is 17.2 Å². The Kier molecular flexibility index (Phi) is 5.94. The van der Waals surface area contributed by atoms with Gasteiger partial charge in [0.2, 0.25) is 5.91 Å². The molecule has 4 heterocycles. The number of thiophene rings is 1. The van der Waals surface area contributed by atoms with E-state index < -0.39 is 23.4 Å². The number of rotatable bonds is 6. The first-order valence-corrected chi connectivity index (χ1v) is 14.6. The molecule has 3 aromatic carbocycles. The molecule has 0 saturated carbocycles. The molecule has 0 unspecified atom stereocenters. The van der Waals surface area contributed by atoms with E-state index in [4.69, 9.17) is 4.74 Å². The van der Waals surface area contributed by atoms with Gasteiger partial charge in [-0.05, 0) is 78.4 Å². The third kappa shape index (κ3) is 3.72. The van der Waals surface area contributed by atoms with Gasteiger partial charge in [0.15, 0.2) is 11.6 Å². The Morgan fingerprint density at radius 3 is 2.44 bits per heavy atom. The van der Waals surface area contributed by atoms with Crippen molar-refractivity contribution in [2.24, 2.45) is 5.92 Å². The van der Waals surface area contributed by atoms with Crippen LogP contribution in [-0.4, -0.2) is 34.5 Å². The van der Waals surface area contributed by atoms with Gasteiger partial charge in [0, 0.05) is 17.5 Å². The lowest BCUT2D eigenvalue weighted by atomic mass is 9.63. The Morgan fingerprint density at radius 2 is 1.68 bits per heavy atom. The minimum atomic E-state index is -1.33. The van der Waals surface area contributed by atoms with Crippen molar-refractivity contribution in [2.75, 3.05) is 5.32 Å². The van der Waals surface area contributed by atoms with Crippen molar-refractivity contribution in [3.05, 3.63) is 124 Å². The normalized spacial score (nSPS) is 23.7. The second-order valence-corrected chi connectivity index (χ2v) is 11.9. The first-order valence-electron chi connectivity index (χ1n) is 13.8. The van der Waals surface area contributed by atoms with Crippen LogP contribution in [0.25, 0.3) is 6.08 Å². The summed E-state index contributed by atoms with van der Waals surface area (Å²) in [7, 11) is 0. The smallest absolute Gasteiger partial charge is 0.238 e. The SMILES string of the molecule is CC(C)Oc1ccc(C(=O)[C@@H]2[C@H](C(=O)c3cccs3)N3C=Cc4ccccc4[C@@H]3[C@@]23C(=O)Nc2ccccc23)cc1. The molecule has 0 radical (unpaired) electrons. The number of anilines is 1. The summed E-state index contributed by atoms with van der Waals surface area (Å²) in [5.41, 5.74) is 2.40. The maximum atomic E-state index is 14.8. The molecular weight excluding hydrogens is 532 g/mol. The summed E-state index contributed by atoms with van der Waals surface area (Å²) in [5.74, 6) is -1.01. The third-order valence-corrected chi connectivity index (χ3v) is 9.28. The van der Waals surface area contributed by atoms with E-state index in [1.165, 1.54) is 11.3 Å². The third-order valence-electron chi connectivity index (χ3n) is 8.40. The Bertz CT molecular complexity index is 1710. The summed E-state index contributed by atoms with van der Waals surface area (Å²) in [6.07, 6.45) is 3.85. The van der Waals surface area contributed by atoms with Gasteiger partial charge in [0.25, 0.3) is 0 Å². The lowest BCUT2D eigenvalue weighted by Gasteiger charge is -2.38. The number of para-hydroxylation sites is 1. The minimum absolute atomic E-state index is 0.0103. The molecule has 1 saturated heterocycles. The van der Waals surface area contributed by atoms with Crippen LogP contribution in [0.15, 0.2) is 96.5 Å². The predicted molar refractivity (Wildman–Crippen MR) is 159 cm³/mol. The zero-order chi connectivity index (χ0) is 28.3. The Labute approximate surface area is 242 Å². The van der Waals surface area contributed by atoms with Crippen LogP contribution in [0.4, 0.5) is 5.69 Å². The predicted octanol–water partition coefficient (Wildman–Crippen LogP) is 6.52. The summed E-state index contributed by atoms with van der Waals surface area (Å²) in [6, 6.07) is 24.7. The number of carbonyl (C=O) groups is 3. The summed E-state index contributed by atoms with van der Waals surface area (Å²) in [4.78, 5) is 46.2. The topological polar surface area (TPSA) is 75.7 Å². The fraction of sp³-hybridized carbons (Fsp3) is 0.206. The van der Waals surface area contributed by atoms with E-state index in [9.17, 15) is 14.4 Å². The lowest BCUT2D eigenvalue weighted by molar-refractivity contribution is -0.122. The van der Waals surface area contributed by atoms with E-state index in [0.717, 1.165) is 16.7 Å². The number of hydrogen-bond acceptors (Lipinski definition) is 6. The van der Waals surface area contributed by atoms with E-state index in [-0.39, 0.29) is 23.6 Å². The number of hydrogen-bond donors (Lipinski definition) is 1. The highest BCUT2D eigenvalue weighted by molar-refractivity contribution is 7.12. The van der Waals surface area contributed by atoms with E-state index in [1.54, 1.807) is 30.3 Å². The first-order chi connectivity index (χ1) is 19.9. The molecule has 1 fully saturated rings. The maximum absolute atomic E-state index is 14.8. The molecule has 7 heteroatoms. The van der Waals surface area contributed by atoms with Crippen LogP contribution in [0.3, 0.4) is 0 Å². The first kappa shape index (κ1) is 25.5. The zero-order valence-electron chi connectivity index (χ0n) is 22.6. The molecule has 1 aromatic heterocycles. The highest BCUT2D eigenvalue weighted by Gasteiger charge is 2.70. The van der Waals surface area contributed by atoms with Gasteiger partial charge in [-0.15, -0.1) is 11.3 Å². The zero-order valence-corrected chi connectivity index (χ0v) is 23.4. The molecule has 7 rings (SSSR count). The highest BCUT2D eigenvalue weighted by Crippen LogP contribution is 2.62. The summed E-state index contributed by atoms with van der Waals surface area (Å²) in [5, 5.41) is 4.94. The van der Waals surface area contributed by atoms with Crippen molar-refractivity contribution in [3.63, 3.8) is 0 Å². The molecule has 3 aliphatic rings. The van der Waals surface area contributed by atoms with Crippen molar-refractivity contribution in [1.29, 1.82) is 0 Å². The van der Waals surface area contributed by atoms with Gasteiger partial charge in [-0.1, -0.05) is 48.5 Å². The number of nitrogens with zero attached hydrogens (tertiary/aromatic N) is 1. The highest BCUT2D eigenvalue weighted by atomic mass is 32.1. The van der Waals surface area contributed by atoms with Crippen molar-refractivity contribution in [3.8, 4) is 5.75 Å². The molecule has 6 nitrogen and oxygen atoms in total. The Balaban J connectivity index is 1.48. The molecule has 4 aromatic rings. The fourth-order valence-corrected chi connectivity index (χ4v) is 7.58. The summed E-state index contributed by atoms with van der Waals surface area (Å²) >= 11 is 1.35. The van der Waals surface area contributed by atoms with Crippen LogP contribution < -0.4 is 10.1 Å². The van der Waals surface area contributed by atoms with Gasteiger partial charge in [-0.3, -0.25) is 14.4 Å². The standard InChI is InChI=1S/C34H28N2O4S/c1-20(2)40-23-15-13-22(14-16-23)30(37)28-29(31(38)27-12-7-19-41-27)36-18-17-21-8-3-4-9-24(21)32(36)34(28)25-10-5-6-11-26(25)35-33(34)39/h3-20,28-29,32H,1-2H3,(H,35,39)/t28-,29+,32+,34-/m0/s1. The molecular formula is C34H28N2O4S. The quantitative estimate of drug-likeness (QED) is 0.272. The molecule has 1 amide bonds. The number of Topliss-reactive ketones (excluding diaryl/α,β-unsaturated/α-hetero) is 2. The maximum Gasteiger partial charge on any atom is 0.238 e. The number of benzene rings is 3. The molecule has 3 aliphatic heterocycles. The number of fused-ring (bicyclic) bond motifs is 6. The summed E-state index contributed by atoms with van der Waals surface area (Å²) < 4.78 is 5.81. The average molecular weight is 561 g/mol. The molecule has 204 valence electrons. The largest absolute Gasteiger partial charge is 0.491 e. The van der Waals surface area contributed by atoms with E-state index in [0.29, 0.717) is 21.9 Å². The number of amides is 1. The van der Waals surface area contributed by atoms with Gasteiger partial charge < -0.3 is 15.0 Å². The van der Waals surface area contributed by atoms with Crippen LogP contribution in [0.2, 0.25) is 0 Å². The van der Waals surface area contributed by atoms with Crippen molar-refractivity contribution in [1.82, 2.24) is 4.90 Å². The molecule has 0 aliphatic carbocycles. The fourth-order valence-electron chi connectivity index (χ4n) is 6.88. The second kappa shape index (κ2) is 9.56. The van der Waals surface area contributed by atoms with Crippen LogP contribution in [-0.2, 0) is 10.2 Å². The monoisotopic (exact) mass is 560 g/mol. The van der Waals surface area contributed by atoms with Crippen LogP contribution in [0, 0.1) is 5.92 Å². The van der Waals surface area contributed by atoms with Gasteiger partial charge >= 0.3 is 0 Å².